The normalized spacial score (nSPS) is 12.0. The average Bonchev–Trinajstić information content (AvgIpc) is 1.53. The van der Waals surface area contributed by atoms with E-state index in [2.05, 4.69) is 334 Å². The number of fused-ring (bicyclic) bond motifs is 12. The summed E-state index contributed by atoms with van der Waals surface area (Å²) < 4.78 is 9.12. The Morgan fingerprint density at radius 2 is 0.483 bits per heavy atom. The highest BCUT2D eigenvalue weighted by atomic mass is 28.3. The zero-order valence-corrected chi connectivity index (χ0v) is 49.1. The van der Waals surface area contributed by atoms with Gasteiger partial charge in [0.2, 0.25) is 5.95 Å². The first-order valence-electron chi connectivity index (χ1n) is 30.2. The van der Waals surface area contributed by atoms with Gasteiger partial charge in [-0.05, 0) is 69.3 Å². The molecule has 0 bridgehead atoms. The van der Waals surface area contributed by atoms with Crippen molar-refractivity contribution in [1.29, 1.82) is 0 Å². The van der Waals surface area contributed by atoms with Crippen LogP contribution in [0.3, 0.4) is 0 Å². The second kappa shape index (κ2) is 20.2. The van der Waals surface area contributed by atoms with Crippen LogP contribution in [0.2, 0.25) is 0 Å². The number of hydrogen-bond acceptors (Lipinski definition) is 4. The molecule has 0 saturated heterocycles. The molecular weight excluding hydrogens is 1100 g/mol. The van der Waals surface area contributed by atoms with E-state index < -0.39 is 8.07 Å². The molecule has 0 atom stereocenters. The van der Waals surface area contributed by atoms with E-state index in [0.717, 1.165) is 89.2 Å². The Labute approximate surface area is 512 Å². The average molecular weight is 1150 g/mol. The van der Waals surface area contributed by atoms with Crippen LogP contribution in [0.15, 0.2) is 315 Å². The van der Waals surface area contributed by atoms with Crippen LogP contribution in [0.25, 0.3) is 133 Å². The predicted octanol–water partition coefficient (Wildman–Crippen LogP) is 16.4. The lowest BCUT2D eigenvalue weighted by molar-refractivity contribution is 0.952. The van der Waals surface area contributed by atoms with Gasteiger partial charge in [-0.2, -0.15) is 4.98 Å². The van der Waals surface area contributed by atoms with Crippen molar-refractivity contribution in [3.8, 4) is 46.0 Å². The summed E-state index contributed by atoms with van der Waals surface area (Å²) in [6.07, 6.45) is 0. The third-order valence-corrected chi connectivity index (χ3v) is 23.0. The summed E-state index contributed by atoms with van der Waals surface area (Å²) in [5.41, 5.74) is 11.3. The van der Waals surface area contributed by atoms with Gasteiger partial charge < -0.3 is 0 Å². The summed E-state index contributed by atoms with van der Waals surface area (Å²) in [6.45, 7) is 0. The van der Waals surface area contributed by atoms with Crippen molar-refractivity contribution < 1.29 is 0 Å². The van der Waals surface area contributed by atoms with Crippen LogP contribution in [-0.2, 0) is 0 Å². The van der Waals surface area contributed by atoms with E-state index in [-0.39, 0.29) is 0 Å². The third-order valence-electron chi connectivity index (χ3n) is 18.2. The molecule has 0 saturated carbocycles. The Kier molecular flexibility index (Phi) is 11.5. The Bertz CT molecular complexity index is 4970. The minimum Gasteiger partial charge on any atom is -0.294 e. The molecule has 9 heteroatoms. The zero-order chi connectivity index (χ0) is 58.6. The largest absolute Gasteiger partial charge is 0.294 e. The molecule has 0 aliphatic carbocycles. The van der Waals surface area contributed by atoms with Crippen LogP contribution in [-0.4, -0.2) is 46.3 Å². The van der Waals surface area contributed by atoms with Gasteiger partial charge in [-0.15, -0.1) is 0 Å². The summed E-state index contributed by atoms with van der Waals surface area (Å²) in [5.74, 6) is 3.61. The number of para-hydroxylation sites is 8. The summed E-state index contributed by atoms with van der Waals surface area (Å²) in [5, 5.41) is 14.4. The molecule has 8 nitrogen and oxygen atoms in total. The van der Waals surface area contributed by atoms with Crippen LogP contribution in [0.4, 0.5) is 0 Å². The maximum atomic E-state index is 5.56. The number of aromatic nitrogens is 8. The molecule has 89 heavy (non-hydrogen) atoms. The molecule has 6 aromatic heterocycles. The fraction of sp³-hybridized carbons (Fsp3) is 0. The Morgan fingerprint density at radius 1 is 0.213 bits per heavy atom. The van der Waals surface area contributed by atoms with Gasteiger partial charge in [0.05, 0.1) is 49.8 Å². The second-order valence-electron chi connectivity index (χ2n) is 22.9. The van der Waals surface area contributed by atoms with Crippen LogP contribution >= 0.6 is 0 Å². The maximum absolute atomic E-state index is 5.56. The molecule has 0 aliphatic rings. The third kappa shape index (κ3) is 7.79. The van der Waals surface area contributed by atoms with Gasteiger partial charge in [0, 0.05) is 66.3 Å². The van der Waals surface area contributed by atoms with E-state index in [9.17, 15) is 0 Å². The van der Waals surface area contributed by atoms with Gasteiger partial charge in [-0.1, -0.05) is 255 Å². The van der Waals surface area contributed by atoms with Crippen molar-refractivity contribution in [2.24, 2.45) is 0 Å². The molecule has 18 aromatic rings. The molecule has 12 aromatic carbocycles. The standard InChI is InChI=1S/C80H52N8Si/c1-3-23-55(24-4-1)89(56-25-5-2-6-26-56,57-47-43-53(44-48-57)67-51-76(85-68-35-15-7-27-59(68)60-28-8-16-36-69(60)85)84-80(81-67)88-74-41-21-13-33-65(74)66-34-14-22-42-75(66)88)58-49-45-54(46-50-58)79-82-77(86-70-37-17-9-29-61(70)62-30-10-18-38-71(62)86)52-78(83-79)87-72-39-19-11-31-63(72)64-32-12-20-40-73(64)87/h1-52H. The number of nitrogens with zero attached hydrogens (tertiary/aromatic N) is 8. The van der Waals surface area contributed by atoms with Gasteiger partial charge in [-0.25, -0.2) is 15.0 Å². The van der Waals surface area contributed by atoms with E-state index in [1.54, 1.807) is 0 Å². The molecule has 0 spiro atoms. The highest BCUT2D eigenvalue weighted by molar-refractivity contribution is 7.19. The number of benzene rings is 12. The first-order valence-corrected chi connectivity index (χ1v) is 32.2. The first kappa shape index (κ1) is 50.5. The van der Waals surface area contributed by atoms with Crippen molar-refractivity contribution in [2.45, 2.75) is 0 Å². The van der Waals surface area contributed by atoms with Gasteiger partial charge in [0.1, 0.15) is 17.5 Å². The van der Waals surface area contributed by atoms with Crippen LogP contribution in [0, 0.1) is 0 Å². The van der Waals surface area contributed by atoms with Crippen LogP contribution < -0.4 is 20.7 Å². The van der Waals surface area contributed by atoms with Crippen molar-refractivity contribution in [3.63, 3.8) is 0 Å². The Morgan fingerprint density at radius 3 is 0.820 bits per heavy atom. The monoisotopic (exact) mass is 1150 g/mol. The second-order valence-corrected chi connectivity index (χ2v) is 26.7. The molecule has 0 amide bonds. The molecule has 0 N–H and O–H groups in total. The fourth-order valence-electron chi connectivity index (χ4n) is 14.3. The highest BCUT2D eigenvalue weighted by Crippen LogP contribution is 2.38. The predicted molar refractivity (Wildman–Crippen MR) is 369 cm³/mol. The Hall–Kier alpha value is -11.8. The molecule has 416 valence electrons. The van der Waals surface area contributed by atoms with Crippen molar-refractivity contribution in [3.05, 3.63) is 315 Å². The van der Waals surface area contributed by atoms with E-state index in [0.29, 0.717) is 11.8 Å². The molecule has 6 heterocycles. The summed E-state index contributed by atoms with van der Waals surface area (Å²) in [4.78, 5) is 22.2. The molecule has 0 fully saturated rings. The number of hydrogen-bond donors (Lipinski definition) is 0. The lowest BCUT2D eigenvalue weighted by atomic mass is 10.1. The summed E-state index contributed by atoms with van der Waals surface area (Å²) in [6, 6.07) is 114. The van der Waals surface area contributed by atoms with Crippen molar-refractivity contribution >= 4 is 116 Å². The molecule has 0 aliphatic heterocycles. The van der Waals surface area contributed by atoms with E-state index in [1.807, 2.05) is 0 Å². The van der Waals surface area contributed by atoms with Gasteiger partial charge in [0.25, 0.3) is 0 Å². The lowest BCUT2D eigenvalue weighted by Gasteiger charge is -2.34. The van der Waals surface area contributed by atoms with Crippen LogP contribution in [0.1, 0.15) is 0 Å². The zero-order valence-electron chi connectivity index (χ0n) is 48.1. The fourth-order valence-corrected chi connectivity index (χ4v) is 19.1. The molecule has 0 unspecified atom stereocenters. The number of rotatable bonds is 10. The van der Waals surface area contributed by atoms with E-state index in [4.69, 9.17) is 19.9 Å². The van der Waals surface area contributed by atoms with Crippen LogP contribution in [0.5, 0.6) is 0 Å². The van der Waals surface area contributed by atoms with Crippen molar-refractivity contribution in [2.75, 3.05) is 0 Å². The highest BCUT2D eigenvalue weighted by Gasteiger charge is 2.41. The lowest BCUT2D eigenvalue weighted by Crippen LogP contribution is -2.74. The Balaban J connectivity index is 0.825. The minimum absolute atomic E-state index is 0.602. The van der Waals surface area contributed by atoms with Gasteiger partial charge in [0.15, 0.2) is 13.9 Å². The first-order chi connectivity index (χ1) is 44.2. The molecule has 18 rings (SSSR count). The SMILES string of the molecule is c1ccc([Si](c2ccccc2)(c2ccc(-c3cc(-n4c5ccccc5c5ccccc54)nc(-n4c5ccccc5c5ccccc54)n3)cc2)c2ccc(-c3nc(-n4c5ccccc5c5ccccc54)cc(-n4c5ccccc5c5ccccc54)n3)cc2)cc1. The van der Waals surface area contributed by atoms with Gasteiger partial charge in [-0.3, -0.25) is 18.3 Å². The maximum Gasteiger partial charge on any atom is 0.237 e. The molecular formula is C80H52N8Si. The van der Waals surface area contributed by atoms with E-state index in [1.165, 1.54) is 53.1 Å². The smallest absolute Gasteiger partial charge is 0.237 e. The van der Waals surface area contributed by atoms with Gasteiger partial charge >= 0.3 is 0 Å². The minimum atomic E-state index is -3.10. The quantitative estimate of drug-likeness (QED) is 0.101. The molecule has 0 radical (unpaired) electrons. The summed E-state index contributed by atoms with van der Waals surface area (Å²) in [7, 11) is -3.10. The summed E-state index contributed by atoms with van der Waals surface area (Å²) >= 11 is 0. The topological polar surface area (TPSA) is 71.3 Å². The van der Waals surface area contributed by atoms with E-state index >= 15 is 0 Å². The van der Waals surface area contributed by atoms with Crippen molar-refractivity contribution in [1.82, 2.24) is 38.2 Å².